The van der Waals surface area contributed by atoms with Crippen LogP contribution < -0.4 is 0 Å². The largest absolute Gasteiger partial charge is 0.208 e. The maximum Gasteiger partial charge on any atom is 0.164 e. The number of aromatic nitrogens is 3. The molecule has 1 unspecified atom stereocenters. The van der Waals surface area contributed by atoms with Crippen LogP contribution in [0.15, 0.2) is 176 Å². The Morgan fingerprint density at radius 1 is 0.365 bits per heavy atom. The molecule has 4 heteroatoms. The van der Waals surface area contributed by atoms with Crippen molar-refractivity contribution in [3.05, 3.63) is 187 Å². The van der Waals surface area contributed by atoms with E-state index in [4.69, 9.17) is 15.0 Å². The zero-order valence-electron chi connectivity index (χ0n) is 29.0. The van der Waals surface area contributed by atoms with Gasteiger partial charge in [-0.1, -0.05) is 180 Å². The lowest BCUT2D eigenvalue weighted by Crippen LogP contribution is -2.00. The molecule has 0 amide bonds. The minimum Gasteiger partial charge on any atom is -0.208 e. The molecule has 0 saturated heterocycles. The molecule has 0 aliphatic heterocycles. The van der Waals surface area contributed by atoms with Gasteiger partial charge in [-0.3, -0.25) is 0 Å². The molecular weight excluding hydrogens is 745 g/mol. The highest BCUT2D eigenvalue weighted by Crippen LogP contribution is 2.35. The van der Waals surface area contributed by atoms with Crippen molar-refractivity contribution in [2.45, 2.75) is 17.8 Å². The van der Waals surface area contributed by atoms with Crippen LogP contribution in [0.5, 0.6) is 0 Å². The van der Waals surface area contributed by atoms with Crippen molar-refractivity contribution < 1.29 is 0 Å². The summed E-state index contributed by atoms with van der Waals surface area (Å²) in [7, 11) is 0. The summed E-state index contributed by atoms with van der Waals surface area (Å²) in [6, 6.07) is 62.0. The zero-order chi connectivity index (χ0) is 35.4. The lowest BCUT2D eigenvalue weighted by atomic mass is 9.93. The zero-order valence-corrected chi connectivity index (χ0v) is 31.2. The van der Waals surface area contributed by atoms with E-state index < -0.39 is 0 Å². The molecule has 0 aliphatic carbocycles. The minimum absolute atomic E-state index is 0.456. The lowest BCUT2D eigenvalue weighted by molar-refractivity contribution is 1.07. The van der Waals surface area contributed by atoms with Crippen molar-refractivity contribution in [3.8, 4) is 78.7 Å². The quantitative estimate of drug-likeness (QED) is 0.114. The Kier molecular flexibility index (Phi) is 9.56. The fourth-order valence-electron chi connectivity index (χ4n) is 6.58. The summed E-state index contributed by atoms with van der Waals surface area (Å²) >= 11 is 2.48. The van der Waals surface area contributed by atoms with Crippen LogP contribution in [0.1, 0.15) is 22.0 Å². The van der Waals surface area contributed by atoms with Gasteiger partial charge < -0.3 is 0 Å². The Morgan fingerprint density at radius 3 is 1.37 bits per heavy atom. The average molecular weight is 782 g/mol. The summed E-state index contributed by atoms with van der Waals surface area (Å²) in [6.45, 7) is 4.39. The van der Waals surface area contributed by atoms with E-state index in [2.05, 4.69) is 176 Å². The van der Waals surface area contributed by atoms with E-state index in [1.165, 1.54) is 38.9 Å². The SMILES string of the molecule is Cc1ccc(-c2nc(-c3ccccc3)nc(-c3ccc(-c4ccccc4)cc3)n2)cc1-c1cccc(-c2cccc(-c3cccc(C(C)I)c3)c2)c1. The van der Waals surface area contributed by atoms with E-state index in [-0.39, 0.29) is 0 Å². The highest BCUT2D eigenvalue weighted by Gasteiger charge is 2.15. The van der Waals surface area contributed by atoms with Crippen LogP contribution in [0.25, 0.3) is 78.7 Å². The third kappa shape index (κ3) is 7.21. The fraction of sp³-hybridized carbons (Fsp3) is 0.0625. The molecule has 8 rings (SSSR count). The molecule has 0 bridgehead atoms. The van der Waals surface area contributed by atoms with Gasteiger partial charge >= 0.3 is 0 Å². The second kappa shape index (κ2) is 14.9. The predicted octanol–water partition coefficient (Wildman–Crippen LogP) is 13.3. The summed E-state index contributed by atoms with van der Waals surface area (Å²) in [4.78, 5) is 15.1. The van der Waals surface area contributed by atoms with Crippen LogP contribution in [0.3, 0.4) is 0 Å². The van der Waals surface area contributed by atoms with E-state index in [0.29, 0.717) is 21.4 Å². The standard InChI is InChI=1S/C48H36IN3/c1-32-22-23-44(31-45(32)43-21-11-20-42(30-43)41-19-10-18-40(29-41)39-17-9-16-38(28-39)33(2)49)48-51-46(36-14-7-4-8-15-36)50-47(52-48)37-26-24-35(25-27-37)34-12-5-3-6-13-34/h3-31,33H,1-2H3. The molecule has 3 nitrogen and oxygen atoms in total. The molecule has 0 aliphatic rings. The highest BCUT2D eigenvalue weighted by molar-refractivity contribution is 14.1. The van der Waals surface area contributed by atoms with Gasteiger partial charge in [-0.25, -0.2) is 15.0 Å². The molecular formula is C48H36IN3. The van der Waals surface area contributed by atoms with Crippen molar-refractivity contribution in [2.75, 3.05) is 0 Å². The maximum absolute atomic E-state index is 5.06. The number of aryl methyl sites for hydroxylation is 1. The first-order chi connectivity index (χ1) is 25.5. The Bertz CT molecular complexity index is 2490. The molecule has 1 aromatic heterocycles. The van der Waals surface area contributed by atoms with Gasteiger partial charge in [-0.15, -0.1) is 0 Å². The fourth-order valence-corrected chi connectivity index (χ4v) is 6.96. The summed E-state index contributed by atoms with van der Waals surface area (Å²) in [5.74, 6) is 1.94. The van der Waals surface area contributed by atoms with Gasteiger partial charge in [0.15, 0.2) is 17.5 Å². The van der Waals surface area contributed by atoms with E-state index in [9.17, 15) is 0 Å². The highest BCUT2D eigenvalue weighted by atomic mass is 127. The first-order valence-electron chi connectivity index (χ1n) is 17.5. The Morgan fingerprint density at radius 2 is 0.769 bits per heavy atom. The molecule has 0 N–H and O–H groups in total. The van der Waals surface area contributed by atoms with Gasteiger partial charge in [0.25, 0.3) is 0 Å². The molecule has 250 valence electrons. The van der Waals surface area contributed by atoms with Gasteiger partial charge in [0.1, 0.15) is 0 Å². The Hall–Kier alpha value is -5.72. The summed E-state index contributed by atoms with van der Waals surface area (Å²) in [5.41, 5.74) is 14.8. The van der Waals surface area contributed by atoms with Crippen LogP contribution in [0, 0.1) is 6.92 Å². The minimum atomic E-state index is 0.456. The molecule has 0 radical (unpaired) electrons. The number of hydrogen-bond donors (Lipinski definition) is 0. The van der Waals surface area contributed by atoms with E-state index in [1.807, 2.05) is 36.4 Å². The van der Waals surface area contributed by atoms with Crippen molar-refractivity contribution in [1.29, 1.82) is 0 Å². The molecule has 0 saturated carbocycles. The van der Waals surface area contributed by atoms with Crippen molar-refractivity contribution >= 4 is 22.6 Å². The number of alkyl halides is 1. The van der Waals surface area contributed by atoms with Crippen molar-refractivity contribution in [2.24, 2.45) is 0 Å². The Balaban J connectivity index is 1.17. The molecule has 0 fully saturated rings. The van der Waals surface area contributed by atoms with Gasteiger partial charge in [-0.2, -0.15) is 0 Å². The van der Waals surface area contributed by atoms with E-state index in [0.717, 1.165) is 33.4 Å². The molecule has 8 aromatic rings. The number of benzene rings is 7. The molecule has 1 atom stereocenters. The second-order valence-electron chi connectivity index (χ2n) is 13.0. The lowest BCUT2D eigenvalue weighted by Gasteiger charge is -2.13. The maximum atomic E-state index is 5.06. The monoisotopic (exact) mass is 781 g/mol. The molecule has 52 heavy (non-hydrogen) atoms. The second-order valence-corrected chi connectivity index (χ2v) is 14.9. The third-order valence-electron chi connectivity index (χ3n) is 9.46. The number of rotatable bonds is 8. The summed E-state index contributed by atoms with van der Waals surface area (Å²) in [6.07, 6.45) is 0. The van der Waals surface area contributed by atoms with Gasteiger partial charge in [0.2, 0.25) is 0 Å². The normalized spacial score (nSPS) is 11.7. The van der Waals surface area contributed by atoms with Gasteiger partial charge in [0.05, 0.1) is 0 Å². The van der Waals surface area contributed by atoms with E-state index in [1.54, 1.807) is 0 Å². The van der Waals surface area contributed by atoms with Crippen LogP contribution in [0.4, 0.5) is 0 Å². The molecule has 0 spiro atoms. The van der Waals surface area contributed by atoms with Crippen LogP contribution in [-0.4, -0.2) is 15.0 Å². The van der Waals surface area contributed by atoms with E-state index >= 15 is 0 Å². The van der Waals surface area contributed by atoms with Crippen molar-refractivity contribution in [3.63, 3.8) is 0 Å². The third-order valence-corrected chi connectivity index (χ3v) is 10.2. The van der Waals surface area contributed by atoms with Gasteiger partial charge in [-0.05, 0) is 87.7 Å². The first-order valence-corrected chi connectivity index (χ1v) is 18.8. The summed E-state index contributed by atoms with van der Waals surface area (Å²) < 4.78 is 0.456. The van der Waals surface area contributed by atoms with Crippen LogP contribution in [0.2, 0.25) is 0 Å². The number of halogens is 1. The smallest absolute Gasteiger partial charge is 0.164 e. The first kappa shape index (κ1) is 33.4. The predicted molar refractivity (Wildman–Crippen MR) is 225 cm³/mol. The van der Waals surface area contributed by atoms with Crippen LogP contribution in [-0.2, 0) is 0 Å². The topological polar surface area (TPSA) is 38.7 Å². The number of nitrogens with zero attached hydrogens (tertiary/aromatic N) is 3. The summed E-state index contributed by atoms with van der Waals surface area (Å²) in [5, 5.41) is 0. The Labute approximate surface area is 319 Å². The molecule has 1 heterocycles. The molecule has 7 aromatic carbocycles. The number of hydrogen-bond acceptors (Lipinski definition) is 3. The van der Waals surface area contributed by atoms with Crippen LogP contribution >= 0.6 is 22.6 Å². The van der Waals surface area contributed by atoms with Gasteiger partial charge in [0, 0.05) is 20.6 Å². The van der Waals surface area contributed by atoms with Crippen molar-refractivity contribution in [1.82, 2.24) is 15.0 Å². The average Bonchev–Trinajstić information content (AvgIpc) is 3.21.